The third-order valence-corrected chi connectivity index (χ3v) is 9.05. The number of ether oxygens (including phenoxy) is 1. The van der Waals surface area contributed by atoms with Crippen molar-refractivity contribution in [3.8, 4) is 0 Å². The first-order chi connectivity index (χ1) is 19.9. The summed E-state index contributed by atoms with van der Waals surface area (Å²) in [6.07, 6.45) is 0.920. The molecule has 1 aliphatic carbocycles. The highest BCUT2D eigenvalue weighted by Crippen LogP contribution is 2.39. The predicted molar refractivity (Wildman–Crippen MR) is 159 cm³/mol. The van der Waals surface area contributed by atoms with E-state index < -0.39 is 30.6 Å². The zero-order valence-corrected chi connectivity index (χ0v) is 24.8. The van der Waals surface area contributed by atoms with Crippen LogP contribution < -0.4 is 5.73 Å². The Morgan fingerprint density at radius 1 is 1.12 bits per heavy atom. The van der Waals surface area contributed by atoms with Gasteiger partial charge in [0.2, 0.25) is 0 Å². The van der Waals surface area contributed by atoms with E-state index in [2.05, 4.69) is 77.7 Å². The Morgan fingerprint density at radius 3 is 2.62 bits per heavy atom. The second kappa shape index (κ2) is 10.8. The molecule has 3 aromatic heterocycles. The molecule has 2 aliphatic rings. The quantitative estimate of drug-likeness (QED) is 0.209. The lowest BCUT2D eigenvalue weighted by atomic mass is 9.73. The van der Waals surface area contributed by atoms with Gasteiger partial charge in [0.15, 0.2) is 17.7 Å². The average Bonchev–Trinajstić information content (AvgIpc) is 3.62. The van der Waals surface area contributed by atoms with Crippen molar-refractivity contribution in [2.75, 3.05) is 12.3 Å². The molecule has 42 heavy (non-hydrogen) atoms. The number of anilines is 1. The Kier molecular flexibility index (Phi) is 7.47. The first-order valence-corrected chi connectivity index (χ1v) is 14.8. The molecule has 226 valence electrons. The van der Waals surface area contributed by atoms with Crippen molar-refractivity contribution in [1.82, 2.24) is 34.4 Å². The number of rotatable bonds is 8. The molecule has 12 heteroatoms. The van der Waals surface area contributed by atoms with Crippen LogP contribution in [0.3, 0.4) is 0 Å². The number of fused-ring (bicyclic) bond motifs is 2. The fourth-order valence-corrected chi connectivity index (χ4v) is 6.40. The molecule has 1 aliphatic heterocycles. The molecule has 1 saturated heterocycles. The number of aromatic nitrogens is 6. The summed E-state index contributed by atoms with van der Waals surface area (Å²) in [5.41, 5.74) is 10.1. The van der Waals surface area contributed by atoms with E-state index in [9.17, 15) is 15.3 Å². The maximum Gasteiger partial charge on any atom is 0.167 e. The lowest BCUT2D eigenvalue weighted by Crippen LogP contribution is -2.60. The number of aliphatic hydroxyl groups excluding tert-OH is 3. The van der Waals surface area contributed by atoms with E-state index >= 15 is 0 Å². The maximum absolute atomic E-state index is 11.2. The van der Waals surface area contributed by atoms with Crippen LogP contribution in [0.2, 0.25) is 0 Å². The molecule has 4 heterocycles. The second-order valence-corrected chi connectivity index (χ2v) is 13.2. The molecule has 6 rings (SSSR count). The van der Waals surface area contributed by atoms with E-state index in [4.69, 9.17) is 15.5 Å². The highest BCUT2D eigenvalue weighted by Gasteiger charge is 2.49. The van der Waals surface area contributed by atoms with Crippen molar-refractivity contribution in [1.29, 1.82) is 0 Å². The molecule has 0 radical (unpaired) electrons. The number of nitrogens with two attached hydrogens (primary N) is 1. The summed E-state index contributed by atoms with van der Waals surface area (Å²) in [6, 6.07) is 6.44. The van der Waals surface area contributed by atoms with Gasteiger partial charge in [0.1, 0.15) is 36.0 Å². The van der Waals surface area contributed by atoms with Crippen molar-refractivity contribution in [3.63, 3.8) is 0 Å². The molecule has 6 N–H and O–H groups in total. The number of aliphatic hydroxyl groups is 3. The Hall–Kier alpha value is -3.16. The summed E-state index contributed by atoms with van der Waals surface area (Å²) in [5.74, 6) is 1.33. The molecule has 1 unspecified atom stereocenters. The SMILES string of the molecule is CC(C)N(C[C@H]1O[C@@H](n2cnc3c(N)ncnc32)[C@H](O)[C@@H]1O)[C@@H]1C[C@H](CCc2nc3ccc(C(C)(C)C)cc3[nH]2)C1O. The van der Waals surface area contributed by atoms with Gasteiger partial charge in [-0.05, 0) is 55.7 Å². The van der Waals surface area contributed by atoms with Gasteiger partial charge in [0.05, 0.1) is 23.5 Å². The smallest absolute Gasteiger partial charge is 0.167 e. The minimum Gasteiger partial charge on any atom is -0.391 e. The standard InChI is InChI=1S/C30H42N8O4/c1-15(2)37(12-21-25(40)26(41)29(42-21)38-14-34-23-27(31)32-13-33-28(23)38)20-10-16(24(20)39)6-9-22-35-18-8-7-17(30(3,4)5)11-19(18)36-22/h7-8,11,13-16,20-21,24-26,29,39-41H,6,9-10,12H2,1-5H3,(H,35,36)(H2,31,32,33)/t16-,20+,21+,24?,25+,26+,29+/m0/s1. The zero-order valence-electron chi connectivity index (χ0n) is 24.8. The summed E-state index contributed by atoms with van der Waals surface area (Å²) in [5, 5.41) is 33.0. The second-order valence-electron chi connectivity index (χ2n) is 13.2. The van der Waals surface area contributed by atoms with Crippen LogP contribution in [-0.2, 0) is 16.6 Å². The van der Waals surface area contributed by atoms with E-state index in [-0.39, 0.29) is 29.2 Å². The molecular weight excluding hydrogens is 536 g/mol. The molecular formula is C30H42N8O4. The number of nitrogens with one attached hydrogen (secondary N) is 1. The number of benzene rings is 1. The van der Waals surface area contributed by atoms with Gasteiger partial charge in [-0.3, -0.25) is 9.47 Å². The Bertz CT molecular complexity index is 1560. The third kappa shape index (κ3) is 5.15. The monoisotopic (exact) mass is 578 g/mol. The van der Waals surface area contributed by atoms with E-state index in [1.165, 1.54) is 18.2 Å². The Balaban J connectivity index is 1.08. The number of aromatic amines is 1. The van der Waals surface area contributed by atoms with Crippen molar-refractivity contribution in [3.05, 3.63) is 42.2 Å². The molecule has 0 spiro atoms. The van der Waals surface area contributed by atoms with Crippen LogP contribution in [0.4, 0.5) is 5.82 Å². The van der Waals surface area contributed by atoms with Gasteiger partial charge in [-0.2, -0.15) is 0 Å². The molecule has 0 amide bonds. The number of nitrogen functional groups attached to an aromatic ring is 1. The molecule has 1 aromatic carbocycles. The fraction of sp³-hybridized carbons (Fsp3) is 0.600. The summed E-state index contributed by atoms with van der Waals surface area (Å²) in [4.78, 5) is 22.9. The maximum atomic E-state index is 11.2. The average molecular weight is 579 g/mol. The Labute approximate surface area is 245 Å². The molecule has 12 nitrogen and oxygen atoms in total. The molecule has 4 aromatic rings. The van der Waals surface area contributed by atoms with Crippen LogP contribution in [0.5, 0.6) is 0 Å². The van der Waals surface area contributed by atoms with Crippen molar-refractivity contribution >= 4 is 28.0 Å². The van der Waals surface area contributed by atoms with Gasteiger partial charge < -0.3 is 30.8 Å². The van der Waals surface area contributed by atoms with Crippen molar-refractivity contribution in [2.45, 2.75) is 102 Å². The van der Waals surface area contributed by atoms with Gasteiger partial charge in [-0.1, -0.05) is 26.8 Å². The number of aryl methyl sites for hydroxylation is 1. The van der Waals surface area contributed by atoms with Crippen molar-refractivity contribution < 1.29 is 20.1 Å². The normalized spacial score (nSPS) is 28.4. The largest absolute Gasteiger partial charge is 0.391 e. The first kappa shape index (κ1) is 28.9. The van der Waals surface area contributed by atoms with Crippen LogP contribution in [-0.4, -0.2) is 92.8 Å². The van der Waals surface area contributed by atoms with Gasteiger partial charge >= 0.3 is 0 Å². The van der Waals surface area contributed by atoms with Crippen LogP contribution in [0.25, 0.3) is 22.2 Å². The lowest BCUT2D eigenvalue weighted by Gasteiger charge is -2.49. The number of nitrogens with zero attached hydrogens (tertiary/aromatic N) is 6. The van der Waals surface area contributed by atoms with Gasteiger partial charge in [-0.25, -0.2) is 19.9 Å². The number of imidazole rings is 2. The summed E-state index contributed by atoms with van der Waals surface area (Å²) in [6.45, 7) is 11.1. The Morgan fingerprint density at radius 2 is 1.90 bits per heavy atom. The number of H-pyrrole nitrogens is 1. The van der Waals surface area contributed by atoms with Crippen molar-refractivity contribution in [2.24, 2.45) is 5.92 Å². The highest BCUT2D eigenvalue weighted by atomic mass is 16.6. The van der Waals surface area contributed by atoms with E-state index in [1.807, 2.05) is 0 Å². The number of hydrogen-bond acceptors (Lipinski definition) is 10. The summed E-state index contributed by atoms with van der Waals surface area (Å²) < 4.78 is 7.77. The molecule has 7 atom stereocenters. The van der Waals surface area contributed by atoms with Crippen LogP contribution in [0, 0.1) is 5.92 Å². The van der Waals surface area contributed by atoms with Gasteiger partial charge in [-0.15, -0.1) is 0 Å². The van der Waals surface area contributed by atoms with E-state index in [0.717, 1.165) is 36.1 Å². The molecule has 1 saturated carbocycles. The first-order valence-electron chi connectivity index (χ1n) is 14.8. The minimum atomic E-state index is -1.18. The molecule has 2 fully saturated rings. The van der Waals surface area contributed by atoms with E-state index in [1.54, 1.807) is 4.57 Å². The molecule has 0 bridgehead atoms. The third-order valence-electron chi connectivity index (χ3n) is 9.05. The van der Waals surface area contributed by atoms with Crippen LogP contribution >= 0.6 is 0 Å². The highest BCUT2D eigenvalue weighted by molar-refractivity contribution is 5.81. The van der Waals surface area contributed by atoms with Gasteiger partial charge in [0.25, 0.3) is 0 Å². The summed E-state index contributed by atoms with van der Waals surface area (Å²) >= 11 is 0. The van der Waals surface area contributed by atoms with Crippen LogP contribution in [0.15, 0.2) is 30.9 Å². The zero-order chi connectivity index (χ0) is 29.9. The number of hydrogen-bond donors (Lipinski definition) is 5. The van der Waals surface area contributed by atoms with Crippen LogP contribution in [0.1, 0.15) is 65.1 Å². The summed E-state index contributed by atoms with van der Waals surface area (Å²) in [7, 11) is 0. The minimum absolute atomic E-state index is 0.0615. The topological polar surface area (TPSA) is 171 Å². The lowest BCUT2D eigenvalue weighted by molar-refractivity contribution is -0.110. The van der Waals surface area contributed by atoms with Gasteiger partial charge in [0, 0.05) is 25.0 Å². The van der Waals surface area contributed by atoms with E-state index in [0.29, 0.717) is 17.7 Å². The predicted octanol–water partition coefficient (Wildman–Crippen LogP) is 2.29. The fourth-order valence-electron chi connectivity index (χ4n) is 6.40.